The molecule has 0 spiro atoms. The number of carbonyl (C=O) groups is 6. The quantitative estimate of drug-likeness (QED) is 0.106. The maximum Gasteiger partial charge on any atom is 0.333 e. The van der Waals surface area contributed by atoms with Crippen LogP contribution in [0.3, 0.4) is 0 Å². The Morgan fingerprint density at radius 2 is 0.667 bits per heavy atom. The zero-order valence-electron chi connectivity index (χ0n) is 25.9. The van der Waals surface area contributed by atoms with Crippen LogP contribution < -0.4 is 0 Å². The molecule has 0 unspecified atom stereocenters. The summed E-state index contributed by atoms with van der Waals surface area (Å²) in [5.74, 6) is -4.95. The van der Waals surface area contributed by atoms with E-state index in [0.29, 0.717) is 12.2 Å². The highest BCUT2D eigenvalue weighted by molar-refractivity contribution is 5.87. The molecule has 0 aromatic carbocycles. The monoisotopic (exact) mass is 600 g/mol. The molecule has 0 aromatic heterocycles. The van der Waals surface area contributed by atoms with Crippen molar-refractivity contribution in [2.24, 2.45) is 0 Å². The van der Waals surface area contributed by atoms with Crippen LogP contribution in [0.5, 0.6) is 0 Å². The van der Waals surface area contributed by atoms with E-state index in [4.69, 9.17) is 30.3 Å². The molecule has 5 N–H and O–H groups in total. The normalized spacial score (nSPS) is 8.07. The van der Waals surface area contributed by atoms with Gasteiger partial charge in [0.25, 0.3) is 0 Å². The van der Waals surface area contributed by atoms with Crippen molar-refractivity contribution in [3.8, 4) is 0 Å². The molecule has 0 atom stereocenters. The average Bonchev–Trinajstić information content (AvgIpc) is 2.85. The number of hydrogen-bond donors (Lipinski definition) is 5. The Labute approximate surface area is 248 Å². The Morgan fingerprint density at radius 3 is 0.810 bits per heavy atom. The van der Waals surface area contributed by atoms with Crippen molar-refractivity contribution in [2.75, 3.05) is 6.61 Å². The van der Waals surface area contributed by atoms with Gasteiger partial charge in [-0.3, -0.25) is 0 Å². The summed E-state index contributed by atoms with van der Waals surface area (Å²) in [4.78, 5) is 58.9. The number of carboxylic acid groups (broad SMARTS) is 5. The fourth-order valence-corrected chi connectivity index (χ4v) is 0.817. The second-order valence-corrected chi connectivity index (χ2v) is 8.40. The van der Waals surface area contributed by atoms with Crippen molar-refractivity contribution >= 4 is 35.8 Å². The molecule has 0 fully saturated rings. The van der Waals surface area contributed by atoms with E-state index in [9.17, 15) is 28.8 Å². The lowest BCUT2D eigenvalue weighted by Crippen LogP contribution is -2.05. The number of hydrogen-bond acceptors (Lipinski definition) is 7. The van der Waals surface area contributed by atoms with Crippen LogP contribution in [0.25, 0.3) is 0 Å². The van der Waals surface area contributed by atoms with Gasteiger partial charge in [0.2, 0.25) is 0 Å². The SMILES string of the molecule is C=C(C)C(=O)O.C=C(C)C(=O)O.C=C(C)C(=O)O.C=C(C)C(=O)O.C=C(C)C(=O)O.C=C(C)C(=O)OCCCCCC. The third kappa shape index (κ3) is 60.0. The number of unbranched alkanes of at least 4 members (excludes halogenated alkanes) is 3. The van der Waals surface area contributed by atoms with Crippen molar-refractivity contribution in [2.45, 2.75) is 74.1 Å². The van der Waals surface area contributed by atoms with Crippen molar-refractivity contribution in [1.29, 1.82) is 0 Å². The molecule has 0 saturated heterocycles. The third-order valence-corrected chi connectivity index (χ3v) is 3.40. The van der Waals surface area contributed by atoms with E-state index in [0.717, 1.165) is 12.8 Å². The van der Waals surface area contributed by atoms with Crippen molar-refractivity contribution in [3.05, 3.63) is 72.9 Å². The third-order valence-electron chi connectivity index (χ3n) is 3.40. The minimum Gasteiger partial charge on any atom is -0.478 e. The van der Waals surface area contributed by atoms with E-state index in [1.54, 1.807) is 6.92 Å². The molecule has 0 radical (unpaired) electrons. The molecular weight excluding hydrogens is 552 g/mol. The Bertz CT molecular complexity index is 769. The molecule has 42 heavy (non-hydrogen) atoms. The molecule has 0 aliphatic rings. The zero-order chi connectivity index (χ0) is 35.2. The average molecular weight is 601 g/mol. The summed E-state index contributed by atoms with van der Waals surface area (Å²) in [6, 6.07) is 0. The molecule has 0 aliphatic carbocycles. The molecule has 0 saturated carbocycles. The number of aliphatic carboxylic acids is 5. The number of carboxylic acids is 5. The van der Waals surface area contributed by atoms with E-state index >= 15 is 0 Å². The van der Waals surface area contributed by atoms with Crippen LogP contribution in [0.2, 0.25) is 0 Å². The van der Waals surface area contributed by atoms with E-state index in [1.807, 2.05) is 0 Å². The molecule has 0 bridgehead atoms. The number of ether oxygens (including phenoxy) is 1. The highest BCUT2D eigenvalue weighted by Gasteiger charge is 2.01. The van der Waals surface area contributed by atoms with Crippen LogP contribution >= 0.6 is 0 Å². The maximum atomic E-state index is 10.9. The second kappa shape index (κ2) is 32.5. The summed E-state index contributed by atoms with van der Waals surface area (Å²) in [5, 5.41) is 39.5. The topological polar surface area (TPSA) is 213 Å². The summed E-state index contributed by atoms with van der Waals surface area (Å²) in [7, 11) is 0. The Hall–Kier alpha value is -4.74. The lowest BCUT2D eigenvalue weighted by atomic mass is 10.2. The number of carbonyl (C=O) groups excluding carboxylic acids is 1. The first-order valence-electron chi connectivity index (χ1n) is 12.2. The molecule has 0 heterocycles. The van der Waals surface area contributed by atoms with Crippen LogP contribution in [0, 0.1) is 0 Å². The van der Waals surface area contributed by atoms with Gasteiger partial charge in [-0.25, -0.2) is 28.8 Å². The summed E-state index contributed by atoms with van der Waals surface area (Å²) < 4.78 is 4.91. The largest absolute Gasteiger partial charge is 0.478 e. The minimum absolute atomic E-state index is 0.176. The maximum absolute atomic E-state index is 10.9. The molecule has 0 amide bonds. The molecule has 0 rings (SSSR count). The van der Waals surface area contributed by atoms with Crippen molar-refractivity contribution in [3.63, 3.8) is 0 Å². The standard InChI is InChI=1S/C10H18O2.5C4H6O2/c1-4-5-6-7-8-12-10(11)9(2)3;5*1-3(2)4(5)6/h2,4-8H2,1,3H3;5*1H2,2H3,(H,5,6). The van der Waals surface area contributed by atoms with Gasteiger partial charge < -0.3 is 30.3 Å². The van der Waals surface area contributed by atoms with Crippen LogP contribution in [-0.2, 0) is 33.5 Å². The van der Waals surface area contributed by atoms with E-state index in [1.165, 1.54) is 47.5 Å². The van der Waals surface area contributed by atoms with E-state index in [-0.39, 0.29) is 33.8 Å². The van der Waals surface area contributed by atoms with Gasteiger partial charge >= 0.3 is 35.8 Å². The van der Waals surface area contributed by atoms with Crippen molar-refractivity contribution in [1.82, 2.24) is 0 Å². The highest BCUT2D eigenvalue weighted by atomic mass is 16.5. The predicted octanol–water partition coefficient (Wildman–Crippen LogP) is 5.92. The molecule has 12 heteroatoms. The highest BCUT2D eigenvalue weighted by Crippen LogP contribution is 2.00. The Kier molecular flexibility index (Phi) is 38.8. The van der Waals surface area contributed by atoms with Crippen LogP contribution in [-0.4, -0.2) is 68.0 Å². The summed E-state index contributed by atoms with van der Waals surface area (Å²) >= 11 is 0. The summed E-state index contributed by atoms with van der Waals surface area (Å²) in [6.45, 7) is 30.9. The molecule has 0 aliphatic heterocycles. The van der Waals surface area contributed by atoms with Gasteiger partial charge in [-0.1, -0.05) is 65.7 Å². The Morgan fingerprint density at radius 1 is 0.452 bits per heavy atom. The van der Waals surface area contributed by atoms with Crippen LogP contribution in [0.15, 0.2) is 72.9 Å². The van der Waals surface area contributed by atoms with Gasteiger partial charge in [-0.2, -0.15) is 0 Å². The molecule has 240 valence electrons. The fraction of sp³-hybridized carbons (Fsp3) is 0.400. The van der Waals surface area contributed by atoms with E-state index in [2.05, 4.69) is 46.4 Å². The van der Waals surface area contributed by atoms with Crippen molar-refractivity contribution < 1.29 is 59.0 Å². The van der Waals surface area contributed by atoms with Gasteiger partial charge in [0.05, 0.1) is 6.61 Å². The van der Waals surface area contributed by atoms with Crippen LogP contribution in [0.1, 0.15) is 74.1 Å². The molecule has 12 nitrogen and oxygen atoms in total. The first kappa shape index (κ1) is 50.1. The Balaban J connectivity index is -0.0000000955. The predicted molar refractivity (Wildman–Crippen MR) is 162 cm³/mol. The smallest absolute Gasteiger partial charge is 0.333 e. The molecule has 0 aromatic rings. The van der Waals surface area contributed by atoms with E-state index < -0.39 is 29.8 Å². The summed E-state index contributed by atoms with van der Waals surface area (Å²) in [6.07, 6.45) is 4.52. The van der Waals surface area contributed by atoms with Gasteiger partial charge in [0.1, 0.15) is 0 Å². The minimum atomic E-state index is -0.935. The number of esters is 1. The molecular formula is C30H48O12. The number of rotatable bonds is 11. The fourth-order valence-electron chi connectivity index (χ4n) is 0.817. The van der Waals surface area contributed by atoms with Gasteiger partial charge in [0, 0.05) is 33.4 Å². The van der Waals surface area contributed by atoms with Gasteiger partial charge in [0.15, 0.2) is 0 Å². The lowest BCUT2D eigenvalue weighted by molar-refractivity contribution is -0.139. The van der Waals surface area contributed by atoms with Gasteiger partial charge in [-0.05, 0) is 48.0 Å². The first-order valence-corrected chi connectivity index (χ1v) is 12.2. The first-order chi connectivity index (χ1) is 18.9. The van der Waals surface area contributed by atoms with Crippen LogP contribution in [0.4, 0.5) is 0 Å². The lowest BCUT2D eigenvalue weighted by Gasteiger charge is -2.02. The van der Waals surface area contributed by atoms with Gasteiger partial charge in [-0.15, -0.1) is 0 Å². The zero-order valence-corrected chi connectivity index (χ0v) is 25.9. The summed E-state index contributed by atoms with van der Waals surface area (Å²) in [5.41, 5.74) is 1.36. The second-order valence-electron chi connectivity index (χ2n) is 8.40.